The molecule has 2 N–H and O–H groups in total. The summed E-state index contributed by atoms with van der Waals surface area (Å²) in [5.74, 6) is 1.93. The van der Waals surface area contributed by atoms with Crippen LogP contribution in [0.5, 0.6) is 5.75 Å². The predicted molar refractivity (Wildman–Crippen MR) is 68.2 cm³/mol. The van der Waals surface area contributed by atoms with Gasteiger partial charge < -0.3 is 10.5 Å². The van der Waals surface area contributed by atoms with E-state index in [1.165, 1.54) is 5.69 Å². The highest BCUT2D eigenvalue weighted by Crippen LogP contribution is 2.42. The van der Waals surface area contributed by atoms with Crippen LogP contribution in [-0.4, -0.2) is 22.9 Å². The smallest absolute Gasteiger partial charge is 0.160 e. The largest absolute Gasteiger partial charge is 0.493 e. The zero-order valence-corrected chi connectivity index (χ0v) is 11.0. The van der Waals surface area contributed by atoms with Gasteiger partial charge in [0.15, 0.2) is 5.75 Å². The fraction of sp³-hybridized carbons (Fsp3) is 0.769. The molecule has 0 spiro atoms. The van der Waals surface area contributed by atoms with Crippen molar-refractivity contribution in [3.63, 3.8) is 0 Å². The number of hydrogen-bond acceptors (Lipinski definition) is 3. The minimum Gasteiger partial charge on any atom is -0.493 e. The van der Waals surface area contributed by atoms with Gasteiger partial charge in [-0.15, -0.1) is 0 Å². The molecule has 4 nitrogen and oxygen atoms in total. The summed E-state index contributed by atoms with van der Waals surface area (Å²) in [5, 5.41) is 4.43. The monoisotopic (exact) mass is 237 g/mol. The number of hydrogen-bond donors (Lipinski definition) is 1. The summed E-state index contributed by atoms with van der Waals surface area (Å²) >= 11 is 0. The van der Waals surface area contributed by atoms with Crippen LogP contribution in [-0.2, 0) is 6.54 Å². The van der Waals surface area contributed by atoms with Gasteiger partial charge in [0.05, 0.1) is 19.0 Å². The van der Waals surface area contributed by atoms with Crippen LogP contribution in [0.25, 0.3) is 0 Å². The standard InChI is InChI=1S/C13H23N3O/c1-4-7-16-13(12(17-3)8-15-16)10-5-6-11(14)9(10)2/h8-11H,4-7,14H2,1-3H3. The van der Waals surface area contributed by atoms with E-state index in [2.05, 4.69) is 23.6 Å². The van der Waals surface area contributed by atoms with E-state index in [-0.39, 0.29) is 0 Å². The quantitative estimate of drug-likeness (QED) is 0.873. The molecule has 0 saturated heterocycles. The van der Waals surface area contributed by atoms with E-state index in [4.69, 9.17) is 10.5 Å². The van der Waals surface area contributed by atoms with Crippen molar-refractivity contribution in [2.75, 3.05) is 7.11 Å². The van der Waals surface area contributed by atoms with E-state index in [9.17, 15) is 0 Å². The molecule has 0 radical (unpaired) electrons. The van der Waals surface area contributed by atoms with Crippen LogP contribution in [0.2, 0.25) is 0 Å². The van der Waals surface area contributed by atoms with Crippen LogP contribution >= 0.6 is 0 Å². The molecule has 17 heavy (non-hydrogen) atoms. The highest BCUT2D eigenvalue weighted by molar-refractivity contribution is 5.30. The first-order valence-corrected chi connectivity index (χ1v) is 6.54. The van der Waals surface area contributed by atoms with E-state index in [1.807, 2.05) is 6.20 Å². The molecule has 1 heterocycles. The van der Waals surface area contributed by atoms with Crippen molar-refractivity contribution in [2.45, 2.75) is 51.6 Å². The molecule has 1 aromatic heterocycles. The lowest BCUT2D eigenvalue weighted by Gasteiger charge is -2.20. The molecular formula is C13H23N3O. The average molecular weight is 237 g/mol. The Hall–Kier alpha value is -1.03. The van der Waals surface area contributed by atoms with Gasteiger partial charge in [0.1, 0.15) is 0 Å². The van der Waals surface area contributed by atoms with Crippen LogP contribution in [0, 0.1) is 5.92 Å². The van der Waals surface area contributed by atoms with E-state index in [0.29, 0.717) is 17.9 Å². The highest BCUT2D eigenvalue weighted by Gasteiger charge is 2.35. The summed E-state index contributed by atoms with van der Waals surface area (Å²) in [4.78, 5) is 0. The minimum atomic E-state index is 0.315. The molecule has 0 aliphatic heterocycles. The zero-order chi connectivity index (χ0) is 12.4. The maximum absolute atomic E-state index is 6.12. The molecule has 1 fully saturated rings. The first kappa shape index (κ1) is 12.4. The number of rotatable bonds is 4. The van der Waals surface area contributed by atoms with Gasteiger partial charge >= 0.3 is 0 Å². The van der Waals surface area contributed by atoms with Gasteiger partial charge in [-0.3, -0.25) is 4.68 Å². The lowest BCUT2D eigenvalue weighted by Crippen LogP contribution is -2.25. The fourth-order valence-electron chi connectivity index (χ4n) is 2.88. The Kier molecular flexibility index (Phi) is 3.72. The van der Waals surface area contributed by atoms with Crippen molar-refractivity contribution < 1.29 is 4.74 Å². The Labute approximate surface area is 103 Å². The number of ether oxygens (including phenoxy) is 1. The SMILES string of the molecule is CCCn1ncc(OC)c1C1CCC(N)C1C. The Balaban J connectivity index is 2.32. The van der Waals surface area contributed by atoms with Crippen molar-refractivity contribution in [3.8, 4) is 5.75 Å². The van der Waals surface area contributed by atoms with Gasteiger partial charge in [-0.1, -0.05) is 13.8 Å². The first-order valence-electron chi connectivity index (χ1n) is 6.54. The van der Waals surface area contributed by atoms with Crippen molar-refractivity contribution in [1.82, 2.24) is 9.78 Å². The maximum atomic E-state index is 6.12. The Morgan fingerprint density at radius 1 is 1.53 bits per heavy atom. The Morgan fingerprint density at radius 3 is 2.82 bits per heavy atom. The van der Waals surface area contributed by atoms with Crippen LogP contribution in [0.15, 0.2) is 6.20 Å². The van der Waals surface area contributed by atoms with E-state index < -0.39 is 0 Å². The zero-order valence-electron chi connectivity index (χ0n) is 11.0. The summed E-state index contributed by atoms with van der Waals surface area (Å²) in [6, 6.07) is 0.315. The van der Waals surface area contributed by atoms with Crippen LogP contribution in [0.3, 0.4) is 0 Å². The number of methoxy groups -OCH3 is 1. The average Bonchev–Trinajstić information content (AvgIpc) is 2.85. The third-order valence-electron chi connectivity index (χ3n) is 3.97. The third-order valence-corrected chi connectivity index (χ3v) is 3.97. The summed E-state index contributed by atoms with van der Waals surface area (Å²) < 4.78 is 7.54. The lowest BCUT2D eigenvalue weighted by atomic mass is 9.92. The highest BCUT2D eigenvalue weighted by atomic mass is 16.5. The molecule has 3 atom stereocenters. The number of aromatic nitrogens is 2. The molecule has 4 heteroatoms. The molecule has 1 aromatic rings. The maximum Gasteiger partial charge on any atom is 0.160 e. The topological polar surface area (TPSA) is 53.1 Å². The molecule has 1 aliphatic rings. The van der Waals surface area contributed by atoms with Gasteiger partial charge in [0.25, 0.3) is 0 Å². The number of nitrogens with two attached hydrogens (primary N) is 1. The second kappa shape index (κ2) is 5.08. The van der Waals surface area contributed by atoms with Gasteiger partial charge in [0.2, 0.25) is 0 Å². The first-order chi connectivity index (χ1) is 8.19. The van der Waals surface area contributed by atoms with Crippen LogP contribution < -0.4 is 10.5 Å². The van der Waals surface area contributed by atoms with Crippen molar-refractivity contribution >= 4 is 0 Å². The summed E-state index contributed by atoms with van der Waals surface area (Å²) in [6.07, 6.45) is 5.17. The third kappa shape index (κ3) is 2.18. The Bertz CT molecular complexity index is 375. The van der Waals surface area contributed by atoms with Gasteiger partial charge in [-0.2, -0.15) is 5.10 Å². The van der Waals surface area contributed by atoms with Gasteiger partial charge in [-0.25, -0.2) is 0 Å². The van der Waals surface area contributed by atoms with E-state index in [1.54, 1.807) is 7.11 Å². The molecule has 1 aliphatic carbocycles. The molecule has 0 bridgehead atoms. The molecule has 96 valence electrons. The van der Waals surface area contributed by atoms with E-state index >= 15 is 0 Å². The number of nitrogens with zero attached hydrogens (tertiary/aromatic N) is 2. The normalized spacial score (nSPS) is 28.6. The van der Waals surface area contributed by atoms with Crippen molar-refractivity contribution in [2.24, 2.45) is 11.7 Å². The molecule has 0 aromatic carbocycles. The van der Waals surface area contributed by atoms with Crippen LogP contribution in [0.4, 0.5) is 0 Å². The number of aryl methyl sites for hydroxylation is 1. The summed E-state index contributed by atoms with van der Waals surface area (Å²) in [7, 11) is 1.72. The van der Waals surface area contributed by atoms with Gasteiger partial charge in [0, 0.05) is 18.5 Å². The van der Waals surface area contributed by atoms with Crippen molar-refractivity contribution in [3.05, 3.63) is 11.9 Å². The van der Waals surface area contributed by atoms with Crippen LogP contribution in [0.1, 0.15) is 44.7 Å². The minimum absolute atomic E-state index is 0.315. The summed E-state index contributed by atoms with van der Waals surface area (Å²) in [5.41, 5.74) is 7.36. The van der Waals surface area contributed by atoms with Crippen molar-refractivity contribution in [1.29, 1.82) is 0 Å². The summed E-state index contributed by atoms with van der Waals surface area (Å²) in [6.45, 7) is 5.37. The fourth-order valence-corrected chi connectivity index (χ4v) is 2.88. The second-order valence-electron chi connectivity index (χ2n) is 5.03. The molecule has 2 rings (SSSR count). The molecule has 3 unspecified atom stereocenters. The molecular weight excluding hydrogens is 214 g/mol. The molecule has 1 saturated carbocycles. The van der Waals surface area contributed by atoms with E-state index in [0.717, 1.165) is 31.6 Å². The molecule has 0 amide bonds. The van der Waals surface area contributed by atoms with Gasteiger partial charge in [-0.05, 0) is 25.2 Å². The predicted octanol–water partition coefficient (Wildman–Crippen LogP) is 2.14. The Morgan fingerprint density at radius 2 is 2.29 bits per heavy atom. The second-order valence-corrected chi connectivity index (χ2v) is 5.03. The lowest BCUT2D eigenvalue weighted by molar-refractivity contribution is 0.384.